The van der Waals surface area contributed by atoms with Crippen LogP contribution in [0.2, 0.25) is 0 Å². The number of fused-ring (bicyclic) bond motifs is 1. The minimum atomic E-state index is -4.98. The SMILES string of the molecule is CCN(CCC1(CC(=O)O)CCCC1)c1cc2c(cc1CN(Cc1cc(C(F)(F)F)cc(C(F)(F)F)c1)c1nnn(C)n1)CCCC2. The van der Waals surface area contributed by atoms with Crippen LogP contribution < -0.4 is 9.80 Å². The Morgan fingerprint density at radius 2 is 1.51 bits per heavy atom. The molecule has 1 saturated carbocycles. The Morgan fingerprint density at radius 1 is 0.894 bits per heavy atom. The first-order valence-electron chi connectivity index (χ1n) is 16.0. The molecule has 1 N–H and O–H groups in total. The van der Waals surface area contributed by atoms with Crippen LogP contribution in [0.4, 0.5) is 38.0 Å². The lowest BCUT2D eigenvalue weighted by atomic mass is 9.79. The zero-order valence-electron chi connectivity index (χ0n) is 26.6. The summed E-state index contributed by atoms with van der Waals surface area (Å²) in [4.78, 5) is 16.7. The maximum atomic E-state index is 13.7. The van der Waals surface area contributed by atoms with Gasteiger partial charge in [-0.05, 0) is 109 Å². The van der Waals surface area contributed by atoms with Gasteiger partial charge in [0.15, 0.2) is 0 Å². The van der Waals surface area contributed by atoms with E-state index in [-0.39, 0.29) is 42.5 Å². The number of carboxylic acid groups (broad SMARTS) is 1. The number of aryl methyl sites for hydroxylation is 3. The van der Waals surface area contributed by atoms with Crippen molar-refractivity contribution in [3.63, 3.8) is 0 Å². The van der Waals surface area contributed by atoms with Gasteiger partial charge < -0.3 is 14.9 Å². The maximum Gasteiger partial charge on any atom is 0.416 e. The lowest BCUT2D eigenvalue weighted by Gasteiger charge is -2.34. The Kier molecular flexibility index (Phi) is 10.1. The first kappa shape index (κ1) is 34.5. The lowest BCUT2D eigenvalue weighted by molar-refractivity contribution is -0.143. The number of aromatic nitrogens is 4. The van der Waals surface area contributed by atoms with Crippen molar-refractivity contribution in [3.05, 3.63) is 63.7 Å². The quantitative estimate of drug-likeness (QED) is 0.200. The number of aliphatic carboxylic acids is 1. The van der Waals surface area contributed by atoms with Gasteiger partial charge in [-0.15, -0.1) is 5.10 Å². The van der Waals surface area contributed by atoms with Gasteiger partial charge in [-0.1, -0.05) is 24.0 Å². The van der Waals surface area contributed by atoms with E-state index in [0.717, 1.165) is 80.3 Å². The van der Waals surface area contributed by atoms with E-state index in [9.17, 15) is 36.2 Å². The van der Waals surface area contributed by atoms with E-state index < -0.39 is 29.4 Å². The molecule has 2 aromatic carbocycles. The molecule has 14 heteroatoms. The number of tetrazole rings is 1. The monoisotopic (exact) mass is 666 g/mol. The molecule has 0 aliphatic heterocycles. The molecule has 0 radical (unpaired) electrons. The van der Waals surface area contributed by atoms with E-state index in [4.69, 9.17) is 0 Å². The molecule has 0 unspecified atom stereocenters. The van der Waals surface area contributed by atoms with Gasteiger partial charge in [0.25, 0.3) is 5.95 Å². The fraction of sp³-hybridized carbons (Fsp3) is 0.576. The van der Waals surface area contributed by atoms with E-state index in [1.165, 1.54) is 17.4 Å². The molecule has 256 valence electrons. The Bertz CT molecular complexity index is 1530. The number of hydrogen-bond donors (Lipinski definition) is 1. The van der Waals surface area contributed by atoms with Crippen molar-refractivity contribution in [1.82, 2.24) is 20.2 Å². The zero-order chi connectivity index (χ0) is 34.0. The van der Waals surface area contributed by atoms with Crippen LogP contribution in [-0.2, 0) is 50.1 Å². The third kappa shape index (κ3) is 8.36. The molecule has 3 aromatic rings. The summed E-state index contributed by atoms with van der Waals surface area (Å²) in [5.41, 5.74) is 0.881. The second-order valence-electron chi connectivity index (χ2n) is 12.9. The smallest absolute Gasteiger partial charge is 0.416 e. The van der Waals surface area contributed by atoms with Crippen LogP contribution in [0.5, 0.6) is 0 Å². The van der Waals surface area contributed by atoms with Gasteiger partial charge in [0.1, 0.15) is 0 Å². The molecular formula is C33H40F6N6O2. The summed E-state index contributed by atoms with van der Waals surface area (Å²) in [6.45, 7) is 3.03. The number of hydrogen-bond acceptors (Lipinski definition) is 6. The zero-order valence-corrected chi connectivity index (χ0v) is 26.6. The van der Waals surface area contributed by atoms with Crippen molar-refractivity contribution in [1.29, 1.82) is 0 Å². The third-order valence-corrected chi connectivity index (χ3v) is 9.53. The van der Waals surface area contributed by atoms with E-state index >= 15 is 0 Å². The van der Waals surface area contributed by atoms with Gasteiger partial charge in [-0.2, -0.15) is 31.1 Å². The summed E-state index contributed by atoms with van der Waals surface area (Å²) in [7, 11) is 1.53. The predicted molar refractivity (Wildman–Crippen MR) is 164 cm³/mol. The summed E-state index contributed by atoms with van der Waals surface area (Å²) in [5.74, 6) is -0.739. The number of nitrogens with zero attached hydrogens (tertiary/aromatic N) is 6. The minimum Gasteiger partial charge on any atom is -0.481 e. The molecule has 0 atom stereocenters. The molecule has 2 aliphatic carbocycles. The first-order chi connectivity index (χ1) is 22.2. The van der Waals surface area contributed by atoms with Crippen LogP contribution in [-0.4, -0.2) is 44.4 Å². The van der Waals surface area contributed by atoms with Crippen LogP contribution in [0.25, 0.3) is 0 Å². The van der Waals surface area contributed by atoms with Gasteiger partial charge in [-0.3, -0.25) is 4.79 Å². The van der Waals surface area contributed by atoms with E-state index in [1.807, 2.05) is 6.92 Å². The summed E-state index contributed by atoms with van der Waals surface area (Å²) in [6, 6.07) is 5.82. The molecule has 0 amide bonds. The summed E-state index contributed by atoms with van der Waals surface area (Å²) < 4.78 is 82.3. The van der Waals surface area contributed by atoms with Crippen molar-refractivity contribution in [3.8, 4) is 0 Å². The number of carboxylic acids is 1. The van der Waals surface area contributed by atoms with Gasteiger partial charge in [0.2, 0.25) is 0 Å². The largest absolute Gasteiger partial charge is 0.481 e. The topological polar surface area (TPSA) is 87.4 Å². The van der Waals surface area contributed by atoms with Gasteiger partial charge >= 0.3 is 18.3 Å². The number of rotatable bonds is 12. The Morgan fingerprint density at radius 3 is 2.04 bits per heavy atom. The number of anilines is 2. The first-order valence-corrected chi connectivity index (χ1v) is 16.0. The molecule has 0 bridgehead atoms. The third-order valence-electron chi connectivity index (χ3n) is 9.53. The van der Waals surface area contributed by atoms with Crippen molar-refractivity contribution >= 4 is 17.6 Å². The number of halogens is 6. The molecular weight excluding hydrogens is 626 g/mol. The van der Waals surface area contributed by atoms with Crippen LogP contribution in [0.3, 0.4) is 0 Å². The van der Waals surface area contributed by atoms with Crippen molar-refractivity contribution in [2.45, 2.75) is 96.6 Å². The normalized spacial score (nSPS) is 16.3. The highest BCUT2D eigenvalue weighted by molar-refractivity contribution is 5.68. The van der Waals surface area contributed by atoms with Crippen LogP contribution >= 0.6 is 0 Å². The highest BCUT2D eigenvalue weighted by atomic mass is 19.4. The molecule has 1 aromatic heterocycles. The molecule has 47 heavy (non-hydrogen) atoms. The average molecular weight is 667 g/mol. The maximum absolute atomic E-state index is 13.7. The van der Waals surface area contributed by atoms with Crippen molar-refractivity contribution < 1.29 is 36.2 Å². The molecule has 0 spiro atoms. The van der Waals surface area contributed by atoms with Crippen LogP contribution in [0.1, 0.15) is 91.7 Å². The summed E-state index contributed by atoms with van der Waals surface area (Å²) in [6.07, 6.45) is -1.60. The fourth-order valence-corrected chi connectivity index (χ4v) is 7.16. The van der Waals surface area contributed by atoms with Crippen LogP contribution in [0.15, 0.2) is 30.3 Å². The minimum absolute atomic E-state index is 0.0663. The Labute approximate surface area is 269 Å². The van der Waals surface area contributed by atoms with E-state index in [0.29, 0.717) is 19.5 Å². The second-order valence-corrected chi connectivity index (χ2v) is 12.9. The van der Waals surface area contributed by atoms with Gasteiger partial charge in [-0.25, -0.2) is 0 Å². The molecule has 8 nitrogen and oxygen atoms in total. The number of carbonyl (C=O) groups is 1. The standard InChI is InChI=1S/C33H40F6N6O2/c1-3-44(13-12-31(19-29(46)47)10-6-7-11-31)28-17-24-9-5-4-8-23(24)16-25(28)21-45(30-40-42-43(2)41-30)20-22-14-26(32(34,35)36)18-27(15-22)33(37,38)39/h14-18H,3-13,19-21H2,1-2H3,(H,46,47). The van der Waals surface area contributed by atoms with Gasteiger partial charge in [0.05, 0.1) is 24.6 Å². The number of benzene rings is 2. The molecule has 1 heterocycles. The second kappa shape index (κ2) is 13.7. The van der Waals surface area contributed by atoms with E-state index in [2.05, 4.69) is 32.4 Å². The van der Waals surface area contributed by atoms with Crippen molar-refractivity contribution in [2.75, 3.05) is 22.9 Å². The van der Waals surface area contributed by atoms with Crippen LogP contribution in [0, 0.1) is 5.41 Å². The Balaban J connectivity index is 1.53. The fourth-order valence-electron chi connectivity index (χ4n) is 7.16. The summed E-state index contributed by atoms with van der Waals surface area (Å²) >= 11 is 0. The highest BCUT2D eigenvalue weighted by Gasteiger charge is 2.38. The molecule has 1 fully saturated rings. The predicted octanol–water partition coefficient (Wildman–Crippen LogP) is 7.58. The Hall–Kier alpha value is -3.84. The van der Waals surface area contributed by atoms with E-state index in [1.54, 1.807) is 4.90 Å². The molecule has 0 saturated heterocycles. The summed E-state index contributed by atoms with van der Waals surface area (Å²) in [5, 5.41) is 21.9. The average Bonchev–Trinajstić information content (AvgIpc) is 3.65. The number of alkyl halides is 6. The van der Waals surface area contributed by atoms with Crippen molar-refractivity contribution in [2.24, 2.45) is 12.5 Å². The lowest BCUT2D eigenvalue weighted by Crippen LogP contribution is -2.32. The molecule has 2 aliphatic rings. The molecule has 5 rings (SSSR count). The highest BCUT2D eigenvalue weighted by Crippen LogP contribution is 2.45. The van der Waals surface area contributed by atoms with Gasteiger partial charge in [0, 0.05) is 31.9 Å².